The molecule has 1 fully saturated rings. The summed E-state index contributed by atoms with van der Waals surface area (Å²) >= 11 is 6.61. The van der Waals surface area contributed by atoms with E-state index in [0.29, 0.717) is 26.3 Å². The number of nitro groups is 1. The van der Waals surface area contributed by atoms with Crippen LogP contribution in [0.3, 0.4) is 0 Å². The summed E-state index contributed by atoms with van der Waals surface area (Å²) < 4.78 is 6.22. The molecule has 0 saturated carbocycles. The van der Waals surface area contributed by atoms with E-state index in [-0.39, 0.29) is 11.6 Å². The molecule has 2 aromatic carbocycles. The number of nitrogens with zero attached hydrogens (tertiary/aromatic N) is 2. The summed E-state index contributed by atoms with van der Waals surface area (Å²) in [5.74, 6) is 0.554. The lowest BCUT2D eigenvalue weighted by atomic mass is 10.1. The van der Waals surface area contributed by atoms with Crippen LogP contribution in [0.15, 0.2) is 63.9 Å². The van der Waals surface area contributed by atoms with Crippen LogP contribution in [0.4, 0.5) is 11.4 Å². The Kier molecular flexibility index (Phi) is 5.27. The van der Waals surface area contributed by atoms with Crippen LogP contribution in [0.25, 0.3) is 17.4 Å². The van der Waals surface area contributed by atoms with E-state index in [4.69, 9.17) is 16.6 Å². The minimum absolute atomic E-state index is 0.0422. The van der Waals surface area contributed by atoms with E-state index in [0.717, 1.165) is 16.8 Å². The van der Waals surface area contributed by atoms with Crippen LogP contribution in [0, 0.1) is 24.0 Å². The molecule has 4 rings (SSSR count). The third kappa shape index (κ3) is 3.67. The Labute approximate surface area is 182 Å². The van der Waals surface area contributed by atoms with Gasteiger partial charge in [-0.3, -0.25) is 19.8 Å². The number of thioether (sulfide) groups is 1. The normalized spacial score (nSPS) is 15.3. The number of carbonyl (C=O) groups is 1. The molecular weight excluding hydrogens is 420 g/mol. The molecule has 0 unspecified atom stereocenters. The topological polar surface area (TPSA) is 76.6 Å². The fourth-order valence-electron chi connectivity index (χ4n) is 3.10. The molecule has 1 saturated heterocycles. The molecule has 8 heteroatoms. The zero-order chi connectivity index (χ0) is 21.4. The molecule has 0 aliphatic carbocycles. The van der Waals surface area contributed by atoms with Crippen molar-refractivity contribution in [3.8, 4) is 11.3 Å². The third-order valence-corrected chi connectivity index (χ3v) is 6.11. The Morgan fingerprint density at radius 2 is 1.87 bits per heavy atom. The van der Waals surface area contributed by atoms with Gasteiger partial charge in [0.1, 0.15) is 11.5 Å². The number of carbonyl (C=O) groups excluding carboxylic acids is 1. The number of amides is 1. The molecule has 3 aromatic rings. The Morgan fingerprint density at radius 3 is 2.60 bits per heavy atom. The van der Waals surface area contributed by atoms with Crippen LogP contribution < -0.4 is 4.90 Å². The number of hydrogen-bond donors (Lipinski definition) is 0. The molecule has 0 atom stereocenters. The predicted octanol–water partition coefficient (Wildman–Crippen LogP) is 5.88. The Morgan fingerprint density at radius 1 is 1.10 bits per heavy atom. The summed E-state index contributed by atoms with van der Waals surface area (Å²) in [6.07, 6.45) is 1.61. The monoisotopic (exact) mass is 436 g/mol. The van der Waals surface area contributed by atoms with Gasteiger partial charge >= 0.3 is 0 Å². The van der Waals surface area contributed by atoms with Crippen molar-refractivity contribution in [2.75, 3.05) is 4.90 Å². The predicted molar refractivity (Wildman–Crippen MR) is 122 cm³/mol. The van der Waals surface area contributed by atoms with E-state index >= 15 is 0 Å². The molecule has 2 heterocycles. The van der Waals surface area contributed by atoms with E-state index < -0.39 is 4.92 Å². The van der Waals surface area contributed by atoms with Gasteiger partial charge in [-0.1, -0.05) is 42.2 Å². The second kappa shape index (κ2) is 7.89. The molecule has 1 aliphatic rings. The van der Waals surface area contributed by atoms with Crippen LogP contribution >= 0.6 is 24.0 Å². The summed E-state index contributed by atoms with van der Waals surface area (Å²) in [7, 11) is 0. The van der Waals surface area contributed by atoms with Gasteiger partial charge < -0.3 is 4.42 Å². The van der Waals surface area contributed by atoms with Gasteiger partial charge in [-0.15, -0.1) is 0 Å². The summed E-state index contributed by atoms with van der Waals surface area (Å²) in [6, 6.07) is 15.4. The Bertz CT molecular complexity index is 1230. The number of anilines is 1. The van der Waals surface area contributed by atoms with Crippen molar-refractivity contribution in [3.63, 3.8) is 0 Å². The van der Waals surface area contributed by atoms with Crippen LogP contribution in [-0.2, 0) is 4.79 Å². The van der Waals surface area contributed by atoms with Crippen molar-refractivity contribution in [2.45, 2.75) is 13.8 Å². The SMILES string of the molecule is Cc1ccc(N2C(=O)/C(=C\c3ccc(-c4ccccc4[N+](=O)[O-])o3)SC2=S)cc1C. The van der Waals surface area contributed by atoms with Crippen molar-refractivity contribution in [3.05, 3.63) is 86.5 Å². The van der Waals surface area contributed by atoms with Gasteiger partial charge in [0, 0.05) is 12.1 Å². The second-order valence-electron chi connectivity index (χ2n) is 6.76. The fourth-order valence-corrected chi connectivity index (χ4v) is 4.38. The van der Waals surface area contributed by atoms with E-state index in [9.17, 15) is 14.9 Å². The average Bonchev–Trinajstić information content (AvgIpc) is 3.29. The van der Waals surface area contributed by atoms with Gasteiger partial charge in [0.25, 0.3) is 11.6 Å². The molecule has 1 amide bonds. The van der Waals surface area contributed by atoms with Crippen LogP contribution in [0.5, 0.6) is 0 Å². The first-order valence-corrected chi connectivity index (χ1v) is 10.3. The first-order chi connectivity index (χ1) is 14.3. The molecule has 0 spiro atoms. The minimum atomic E-state index is -0.452. The summed E-state index contributed by atoms with van der Waals surface area (Å²) in [5.41, 5.74) is 3.27. The van der Waals surface area contributed by atoms with E-state index in [1.165, 1.54) is 22.7 Å². The molecule has 30 heavy (non-hydrogen) atoms. The van der Waals surface area contributed by atoms with E-state index in [1.54, 1.807) is 36.4 Å². The molecule has 0 bridgehead atoms. The first kappa shape index (κ1) is 20.1. The summed E-state index contributed by atoms with van der Waals surface area (Å²) in [4.78, 5) is 25.7. The molecule has 0 N–H and O–H groups in total. The van der Waals surface area contributed by atoms with Gasteiger partial charge in [-0.05, 0) is 55.3 Å². The minimum Gasteiger partial charge on any atom is -0.456 e. The lowest BCUT2D eigenvalue weighted by Gasteiger charge is -2.15. The van der Waals surface area contributed by atoms with Crippen molar-refractivity contribution in [1.82, 2.24) is 0 Å². The maximum atomic E-state index is 13.0. The van der Waals surface area contributed by atoms with Crippen LogP contribution in [-0.4, -0.2) is 15.2 Å². The van der Waals surface area contributed by atoms with Crippen molar-refractivity contribution >= 4 is 51.7 Å². The lowest BCUT2D eigenvalue weighted by molar-refractivity contribution is -0.384. The first-order valence-electron chi connectivity index (χ1n) is 9.04. The lowest BCUT2D eigenvalue weighted by Crippen LogP contribution is -2.27. The highest BCUT2D eigenvalue weighted by Gasteiger charge is 2.33. The molecule has 150 valence electrons. The Balaban J connectivity index is 1.64. The zero-order valence-electron chi connectivity index (χ0n) is 16.1. The third-order valence-electron chi connectivity index (χ3n) is 4.81. The van der Waals surface area contributed by atoms with E-state index in [2.05, 4.69) is 0 Å². The standard InChI is InChI=1S/C22H16N2O4S2/c1-13-7-8-15(11-14(13)2)23-21(25)20(30-22(23)29)12-16-9-10-19(28-16)17-5-3-4-6-18(17)24(26)27/h3-12H,1-2H3/b20-12+. The van der Waals surface area contributed by atoms with Crippen molar-refractivity contribution < 1.29 is 14.1 Å². The molecule has 1 aromatic heterocycles. The van der Waals surface area contributed by atoms with Gasteiger partial charge in [-0.2, -0.15) is 0 Å². The quantitative estimate of drug-likeness (QED) is 0.220. The number of para-hydroxylation sites is 1. The molecule has 6 nitrogen and oxygen atoms in total. The van der Waals surface area contributed by atoms with E-state index in [1.807, 2.05) is 32.0 Å². The maximum Gasteiger partial charge on any atom is 0.280 e. The number of benzene rings is 2. The van der Waals surface area contributed by atoms with Crippen molar-refractivity contribution in [1.29, 1.82) is 0 Å². The number of aryl methyl sites for hydroxylation is 2. The van der Waals surface area contributed by atoms with Gasteiger partial charge in [0.2, 0.25) is 0 Å². The van der Waals surface area contributed by atoms with Crippen LogP contribution in [0.2, 0.25) is 0 Å². The zero-order valence-corrected chi connectivity index (χ0v) is 17.8. The smallest absolute Gasteiger partial charge is 0.280 e. The average molecular weight is 437 g/mol. The highest BCUT2D eigenvalue weighted by molar-refractivity contribution is 8.27. The Hall–Kier alpha value is -3.23. The number of nitro benzene ring substituents is 1. The number of furan rings is 1. The number of thiocarbonyl (C=S) groups is 1. The number of hydrogen-bond acceptors (Lipinski definition) is 6. The van der Waals surface area contributed by atoms with Crippen molar-refractivity contribution in [2.24, 2.45) is 0 Å². The van der Waals surface area contributed by atoms with Crippen LogP contribution in [0.1, 0.15) is 16.9 Å². The highest BCUT2D eigenvalue weighted by atomic mass is 32.2. The molecular formula is C22H16N2O4S2. The fraction of sp³-hybridized carbons (Fsp3) is 0.0909. The summed E-state index contributed by atoms with van der Waals surface area (Å²) in [6.45, 7) is 3.99. The number of rotatable bonds is 4. The van der Waals surface area contributed by atoms with Gasteiger partial charge in [0.15, 0.2) is 4.32 Å². The molecule has 0 radical (unpaired) electrons. The van der Waals surface area contributed by atoms with Gasteiger partial charge in [-0.25, -0.2) is 0 Å². The maximum absolute atomic E-state index is 13.0. The summed E-state index contributed by atoms with van der Waals surface area (Å²) in [5, 5.41) is 11.3. The molecule has 1 aliphatic heterocycles. The highest BCUT2D eigenvalue weighted by Crippen LogP contribution is 2.37. The largest absolute Gasteiger partial charge is 0.456 e. The van der Waals surface area contributed by atoms with Gasteiger partial charge in [0.05, 0.1) is 21.1 Å². The second-order valence-corrected chi connectivity index (χ2v) is 8.44.